The van der Waals surface area contributed by atoms with Crippen LogP contribution in [0, 0.1) is 5.92 Å². The molecule has 0 aromatic carbocycles. The predicted molar refractivity (Wildman–Crippen MR) is 64.8 cm³/mol. The molecule has 94 valence electrons. The fraction of sp³-hybridized carbons (Fsp3) is 1.00. The van der Waals surface area contributed by atoms with Crippen molar-refractivity contribution in [2.75, 3.05) is 13.1 Å². The Morgan fingerprint density at radius 1 is 1.12 bits per heavy atom. The molecule has 2 aliphatic rings. The molecular weight excluding hydrogens is 224 g/mol. The van der Waals surface area contributed by atoms with E-state index in [9.17, 15) is 8.42 Å². The summed E-state index contributed by atoms with van der Waals surface area (Å²) >= 11 is 0. The van der Waals surface area contributed by atoms with Crippen molar-refractivity contribution >= 4 is 10.0 Å². The van der Waals surface area contributed by atoms with E-state index in [2.05, 4.69) is 17.0 Å². The first-order chi connectivity index (χ1) is 7.59. The van der Waals surface area contributed by atoms with Gasteiger partial charge < -0.3 is 5.32 Å². The van der Waals surface area contributed by atoms with Crippen LogP contribution in [0.2, 0.25) is 0 Å². The molecule has 1 saturated carbocycles. The zero-order valence-corrected chi connectivity index (χ0v) is 10.7. The monoisotopic (exact) mass is 246 g/mol. The first-order valence-corrected chi connectivity index (χ1v) is 7.86. The fourth-order valence-electron chi connectivity index (χ4n) is 2.65. The number of hydrogen-bond acceptors (Lipinski definition) is 3. The van der Waals surface area contributed by atoms with Gasteiger partial charge in [-0.2, -0.15) is 0 Å². The maximum atomic E-state index is 12.1. The lowest BCUT2D eigenvalue weighted by atomic mass is 10.0. The molecule has 2 fully saturated rings. The van der Waals surface area contributed by atoms with Gasteiger partial charge in [0, 0.05) is 12.6 Å². The van der Waals surface area contributed by atoms with Crippen LogP contribution in [-0.2, 0) is 10.0 Å². The van der Waals surface area contributed by atoms with Crippen LogP contribution in [0.3, 0.4) is 0 Å². The molecule has 0 amide bonds. The normalized spacial score (nSPS) is 33.1. The van der Waals surface area contributed by atoms with E-state index in [1.807, 2.05) is 0 Å². The van der Waals surface area contributed by atoms with E-state index < -0.39 is 10.0 Å². The molecule has 2 atom stereocenters. The Morgan fingerprint density at radius 3 is 2.38 bits per heavy atom. The molecule has 2 N–H and O–H groups in total. The second kappa shape index (κ2) is 5.02. The van der Waals surface area contributed by atoms with Crippen molar-refractivity contribution in [2.24, 2.45) is 5.92 Å². The van der Waals surface area contributed by atoms with Gasteiger partial charge in [-0.05, 0) is 25.3 Å². The van der Waals surface area contributed by atoms with Gasteiger partial charge in [0.2, 0.25) is 10.0 Å². The van der Waals surface area contributed by atoms with Gasteiger partial charge in [-0.25, -0.2) is 13.1 Å². The van der Waals surface area contributed by atoms with E-state index in [0.717, 1.165) is 38.8 Å². The number of rotatable bonds is 3. The molecule has 4 nitrogen and oxygen atoms in total. The average Bonchev–Trinajstić information content (AvgIpc) is 2.65. The van der Waals surface area contributed by atoms with Crippen LogP contribution in [0.5, 0.6) is 0 Å². The molecule has 1 aliphatic heterocycles. The van der Waals surface area contributed by atoms with Gasteiger partial charge in [-0.3, -0.25) is 0 Å². The summed E-state index contributed by atoms with van der Waals surface area (Å²) in [6, 6.07) is 0.0897. The van der Waals surface area contributed by atoms with E-state index in [-0.39, 0.29) is 11.3 Å². The predicted octanol–water partition coefficient (Wildman–Crippen LogP) is 0.846. The molecule has 0 spiro atoms. The molecule has 2 unspecified atom stereocenters. The molecule has 0 aromatic rings. The SMILES string of the molecule is CC1CNCC1NS(=O)(=O)C1CCCCC1. The van der Waals surface area contributed by atoms with Gasteiger partial charge >= 0.3 is 0 Å². The van der Waals surface area contributed by atoms with Crippen molar-refractivity contribution in [3.63, 3.8) is 0 Å². The maximum Gasteiger partial charge on any atom is 0.214 e. The van der Waals surface area contributed by atoms with Crippen LogP contribution < -0.4 is 10.0 Å². The summed E-state index contributed by atoms with van der Waals surface area (Å²) in [5.74, 6) is 0.401. The van der Waals surface area contributed by atoms with E-state index in [1.165, 1.54) is 6.42 Å². The fourth-order valence-corrected chi connectivity index (χ4v) is 4.53. The first-order valence-electron chi connectivity index (χ1n) is 6.31. The Labute approximate surface area is 98.2 Å². The molecule has 16 heavy (non-hydrogen) atoms. The number of nitrogens with one attached hydrogen (secondary N) is 2. The Hall–Kier alpha value is -0.130. The standard InChI is InChI=1S/C11H22N2O2S/c1-9-7-12-8-11(9)13-16(14,15)10-5-3-2-4-6-10/h9-13H,2-8H2,1H3. The lowest BCUT2D eigenvalue weighted by molar-refractivity contribution is 0.458. The van der Waals surface area contributed by atoms with Gasteiger partial charge in [0.25, 0.3) is 0 Å². The minimum Gasteiger partial charge on any atom is -0.315 e. The summed E-state index contributed by atoms with van der Waals surface area (Å²) < 4.78 is 27.2. The topological polar surface area (TPSA) is 58.2 Å². The minimum absolute atomic E-state index is 0.0897. The highest BCUT2D eigenvalue weighted by molar-refractivity contribution is 7.90. The number of sulfonamides is 1. The third-order valence-electron chi connectivity index (χ3n) is 3.82. The van der Waals surface area contributed by atoms with Crippen LogP contribution in [0.25, 0.3) is 0 Å². The van der Waals surface area contributed by atoms with Crippen LogP contribution in [0.15, 0.2) is 0 Å². The van der Waals surface area contributed by atoms with E-state index in [4.69, 9.17) is 0 Å². The van der Waals surface area contributed by atoms with Crippen molar-refractivity contribution in [2.45, 2.75) is 50.3 Å². The minimum atomic E-state index is -3.09. The molecule has 0 bridgehead atoms. The highest BCUT2D eigenvalue weighted by Gasteiger charge is 2.32. The van der Waals surface area contributed by atoms with Crippen LogP contribution in [-0.4, -0.2) is 32.8 Å². The smallest absolute Gasteiger partial charge is 0.214 e. The van der Waals surface area contributed by atoms with Crippen LogP contribution in [0.1, 0.15) is 39.0 Å². The molecule has 0 radical (unpaired) electrons. The van der Waals surface area contributed by atoms with E-state index >= 15 is 0 Å². The Balaban J connectivity index is 1.96. The summed E-state index contributed by atoms with van der Waals surface area (Å²) in [5.41, 5.74) is 0. The second-order valence-corrected chi connectivity index (χ2v) is 7.16. The van der Waals surface area contributed by atoms with Crippen molar-refractivity contribution < 1.29 is 8.42 Å². The highest BCUT2D eigenvalue weighted by Crippen LogP contribution is 2.24. The lowest BCUT2D eigenvalue weighted by Gasteiger charge is -2.25. The Morgan fingerprint density at radius 2 is 1.81 bits per heavy atom. The molecule has 1 saturated heterocycles. The van der Waals surface area contributed by atoms with E-state index in [0.29, 0.717) is 5.92 Å². The van der Waals surface area contributed by atoms with Crippen LogP contribution >= 0.6 is 0 Å². The first kappa shape index (κ1) is 12.3. The summed E-state index contributed by atoms with van der Waals surface area (Å²) in [4.78, 5) is 0. The largest absolute Gasteiger partial charge is 0.315 e. The van der Waals surface area contributed by atoms with Gasteiger partial charge in [0.05, 0.1) is 5.25 Å². The molecular formula is C11H22N2O2S. The third kappa shape index (κ3) is 2.76. The number of hydrogen-bond donors (Lipinski definition) is 2. The molecule has 1 heterocycles. The molecule has 1 aliphatic carbocycles. The summed E-state index contributed by atoms with van der Waals surface area (Å²) in [7, 11) is -3.09. The molecule has 2 rings (SSSR count). The Kier molecular flexibility index (Phi) is 3.87. The quantitative estimate of drug-likeness (QED) is 0.776. The highest BCUT2D eigenvalue weighted by atomic mass is 32.2. The summed E-state index contributed by atoms with van der Waals surface area (Å²) in [6.45, 7) is 3.78. The van der Waals surface area contributed by atoms with Gasteiger partial charge in [-0.15, -0.1) is 0 Å². The van der Waals surface area contributed by atoms with Crippen molar-refractivity contribution in [1.29, 1.82) is 0 Å². The summed E-state index contributed by atoms with van der Waals surface area (Å²) in [6.07, 6.45) is 4.98. The third-order valence-corrected chi connectivity index (χ3v) is 5.80. The average molecular weight is 246 g/mol. The molecule has 5 heteroatoms. The molecule has 0 aromatic heterocycles. The van der Waals surface area contributed by atoms with Crippen molar-refractivity contribution in [1.82, 2.24) is 10.0 Å². The zero-order valence-electron chi connectivity index (χ0n) is 9.91. The van der Waals surface area contributed by atoms with Crippen molar-refractivity contribution in [3.8, 4) is 0 Å². The van der Waals surface area contributed by atoms with E-state index in [1.54, 1.807) is 0 Å². The van der Waals surface area contributed by atoms with Crippen molar-refractivity contribution in [3.05, 3.63) is 0 Å². The summed E-state index contributed by atoms with van der Waals surface area (Å²) in [5, 5.41) is 3.08. The van der Waals surface area contributed by atoms with Gasteiger partial charge in [0.1, 0.15) is 0 Å². The maximum absolute atomic E-state index is 12.1. The van der Waals surface area contributed by atoms with Crippen LogP contribution in [0.4, 0.5) is 0 Å². The van der Waals surface area contributed by atoms with Gasteiger partial charge in [-0.1, -0.05) is 26.2 Å². The van der Waals surface area contributed by atoms with Gasteiger partial charge in [0.15, 0.2) is 0 Å². The lowest BCUT2D eigenvalue weighted by Crippen LogP contribution is -2.44. The second-order valence-electron chi connectivity index (χ2n) is 5.16. The Bertz CT molecular complexity index is 323. The zero-order chi connectivity index (χ0) is 11.6.